The third-order valence-electron chi connectivity index (χ3n) is 10.0. The minimum absolute atomic E-state index is 0.00637. The lowest BCUT2D eigenvalue weighted by molar-refractivity contribution is -0.120. The molecule has 0 bridgehead atoms. The molecule has 2 fully saturated rings. The molecule has 0 spiro atoms. The number of nitrogens with one attached hydrogen (secondary N) is 2. The van der Waals surface area contributed by atoms with Gasteiger partial charge >= 0.3 is 6.03 Å². The van der Waals surface area contributed by atoms with Crippen molar-refractivity contribution in [3.05, 3.63) is 23.8 Å². The van der Waals surface area contributed by atoms with E-state index in [0.717, 1.165) is 70.6 Å². The number of carbonyl (C=O) groups is 3. The summed E-state index contributed by atoms with van der Waals surface area (Å²) in [7, 11) is 1.80. The number of urea groups is 1. The lowest BCUT2D eigenvalue weighted by Gasteiger charge is -2.36. The number of hydrogen-bond donors (Lipinski definition) is 3. The number of likely N-dealkylation sites (N-methyl/N-ethyl adjacent to an activating group) is 1. The molecule has 4 rings (SSSR count). The van der Waals surface area contributed by atoms with Crippen molar-refractivity contribution in [1.82, 2.24) is 15.1 Å². The number of nitrogens with zero attached hydrogens (tertiary/aromatic N) is 2. The van der Waals surface area contributed by atoms with Crippen LogP contribution in [-0.2, 0) is 9.53 Å². The van der Waals surface area contributed by atoms with Crippen molar-refractivity contribution in [2.24, 2.45) is 11.8 Å². The fourth-order valence-corrected chi connectivity index (χ4v) is 6.96. The molecule has 1 aliphatic heterocycles. The number of aliphatic hydroxyl groups excluding tert-OH is 1. The zero-order valence-corrected chi connectivity index (χ0v) is 28.6. The summed E-state index contributed by atoms with van der Waals surface area (Å²) < 4.78 is 12.7. The number of aliphatic hydroxyl groups is 1. The molecule has 1 heterocycles. The molecule has 10 nitrogen and oxygen atoms in total. The van der Waals surface area contributed by atoms with Gasteiger partial charge in [-0.3, -0.25) is 9.59 Å². The highest BCUT2D eigenvalue weighted by Crippen LogP contribution is 2.30. The molecule has 0 unspecified atom stereocenters. The summed E-state index contributed by atoms with van der Waals surface area (Å²) in [6, 6.07) is 4.96. The van der Waals surface area contributed by atoms with Crippen molar-refractivity contribution in [2.45, 2.75) is 129 Å². The summed E-state index contributed by atoms with van der Waals surface area (Å²) in [4.78, 5) is 43.9. The largest absolute Gasteiger partial charge is 0.490 e. The minimum Gasteiger partial charge on any atom is -0.490 e. The Morgan fingerprint density at radius 2 is 1.67 bits per heavy atom. The topological polar surface area (TPSA) is 120 Å². The fraction of sp³-hybridized carbons (Fsp3) is 0.750. The predicted octanol–water partition coefficient (Wildman–Crippen LogP) is 5.98. The average Bonchev–Trinajstić information content (AvgIpc) is 3.06. The molecule has 258 valence electrons. The Balaban J connectivity index is 1.56. The summed E-state index contributed by atoms with van der Waals surface area (Å²) in [5.74, 6) is 0.0425. The van der Waals surface area contributed by atoms with Crippen molar-refractivity contribution in [3.63, 3.8) is 0 Å². The van der Waals surface area contributed by atoms with Crippen LogP contribution in [0.3, 0.4) is 0 Å². The maximum Gasteiger partial charge on any atom is 0.317 e. The number of fused-ring (bicyclic) bond motifs is 1. The van der Waals surface area contributed by atoms with E-state index >= 15 is 0 Å². The van der Waals surface area contributed by atoms with Crippen LogP contribution in [0, 0.1) is 11.8 Å². The zero-order valence-electron chi connectivity index (χ0n) is 28.6. The van der Waals surface area contributed by atoms with E-state index in [1.807, 2.05) is 26.8 Å². The Labute approximate surface area is 275 Å². The number of anilines is 1. The molecular formula is C36H58N4O6. The SMILES string of the molecule is C[C@@H]1CCCCO[C@@H](CN(C)C(=O)NC2CCCCC2)[C@@H](C)CN([C@@H](C)CO)C(=O)c2cc(NC(=O)C3CCCCC3)ccc2O1. The van der Waals surface area contributed by atoms with Crippen LogP contribution in [0.1, 0.15) is 115 Å². The van der Waals surface area contributed by atoms with Crippen molar-refractivity contribution in [1.29, 1.82) is 0 Å². The van der Waals surface area contributed by atoms with Crippen LogP contribution in [0.25, 0.3) is 0 Å². The van der Waals surface area contributed by atoms with E-state index in [-0.39, 0.29) is 54.5 Å². The van der Waals surface area contributed by atoms with E-state index in [2.05, 4.69) is 10.6 Å². The molecule has 46 heavy (non-hydrogen) atoms. The molecule has 2 saturated carbocycles. The number of benzene rings is 1. The molecule has 4 atom stereocenters. The molecule has 0 radical (unpaired) electrons. The van der Waals surface area contributed by atoms with Gasteiger partial charge in [-0.2, -0.15) is 0 Å². The van der Waals surface area contributed by atoms with E-state index in [1.54, 1.807) is 29.0 Å². The van der Waals surface area contributed by atoms with Crippen molar-refractivity contribution < 1.29 is 29.0 Å². The summed E-state index contributed by atoms with van der Waals surface area (Å²) in [5.41, 5.74) is 0.927. The minimum atomic E-state index is -0.471. The van der Waals surface area contributed by atoms with Gasteiger partial charge in [0.15, 0.2) is 0 Å². The van der Waals surface area contributed by atoms with E-state index < -0.39 is 6.04 Å². The van der Waals surface area contributed by atoms with Crippen molar-refractivity contribution in [3.8, 4) is 5.75 Å². The van der Waals surface area contributed by atoms with Gasteiger partial charge in [-0.1, -0.05) is 45.4 Å². The highest BCUT2D eigenvalue weighted by Gasteiger charge is 2.31. The van der Waals surface area contributed by atoms with E-state index in [9.17, 15) is 19.5 Å². The highest BCUT2D eigenvalue weighted by atomic mass is 16.5. The quantitative estimate of drug-likeness (QED) is 0.337. The Bertz CT molecular complexity index is 1140. The van der Waals surface area contributed by atoms with Crippen molar-refractivity contribution >= 4 is 23.5 Å². The normalized spacial score (nSPS) is 25.0. The van der Waals surface area contributed by atoms with Gasteiger partial charge in [-0.05, 0) is 77.0 Å². The van der Waals surface area contributed by atoms with E-state index in [0.29, 0.717) is 36.7 Å². The smallest absolute Gasteiger partial charge is 0.317 e. The fourth-order valence-electron chi connectivity index (χ4n) is 6.96. The maximum atomic E-state index is 14.4. The molecule has 0 aromatic heterocycles. The van der Waals surface area contributed by atoms with Crippen LogP contribution in [0.2, 0.25) is 0 Å². The molecule has 3 N–H and O–H groups in total. The monoisotopic (exact) mass is 642 g/mol. The second kappa shape index (κ2) is 17.9. The Morgan fingerprint density at radius 3 is 2.37 bits per heavy atom. The first-order valence-electron chi connectivity index (χ1n) is 17.8. The summed E-state index contributed by atoms with van der Waals surface area (Å²) >= 11 is 0. The predicted molar refractivity (Wildman–Crippen MR) is 180 cm³/mol. The molecule has 1 aromatic rings. The van der Waals surface area contributed by atoms with Gasteiger partial charge in [-0.15, -0.1) is 0 Å². The van der Waals surface area contributed by atoms with Gasteiger partial charge in [-0.25, -0.2) is 4.79 Å². The average molecular weight is 643 g/mol. The molecule has 0 saturated heterocycles. The lowest BCUT2D eigenvalue weighted by atomic mass is 9.88. The zero-order chi connectivity index (χ0) is 33.1. The van der Waals surface area contributed by atoms with Gasteiger partial charge in [0.2, 0.25) is 5.91 Å². The van der Waals surface area contributed by atoms with Crippen LogP contribution >= 0.6 is 0 Å². The van der Waals surface area contributed by atoms with Crippen molar-refractivity contribution in [2.75, 3.05) is 38.7 Å². The molecule has 1 aromatic carbocycles. The number of rotatable bonds is 7. The summed E-state index contributed by atoms with van der Waals surface area (Å²) in [6.45, 7) is 6.90. The highest BCUT2D eigenvalue weighted by molar-refractivity contribution is 6.00. The van der Waals surface area contributed by atoms with Crippen LogP contribution in [0.4, 0.5) is 10.5 Å². The van der Waals surface area contributed by atoms with Crippen LogP contribution in [-0.4, -0.2) is 90.4 Å². The van der Waals surface area contributed by atoms with E-state index in [1.165, 1.54) is 12.8 Å². The van der Waals surface area contributed by atoms with Gasteiger partial charge in [0.05, 0.1) is 30.4 Å². The Morgan fingerprint density at radius 1 is 1.00 bits per heavy atom. The molecule has 3 aliphatic rings. The van der Waals surface area contributed by atoms with Gasteiger partial charge < -0.3 is 35.0 Å². The third-order valence-corrected chi connectivity index (χ3v) is 10.0. The second-order valence-electron chi connectivity index (χ2n) is 14.0. The second-order valence-corrected chi connectivity index (χ2v) is 14.0. The molecular weight excluding hydrogens is 584 g/mol. The summed E-state index contributed by atoms with van der Waals surface area (Å²) in [6.07, 6.45) is 12.7. The van der Waals surface area contributed by atoms with Crippen LogP contribution in [0.15, 0.2) is 18.2 Å². The first-order valence-corrected chi connectivity index (χ1v) is 17.8. The number of ether oxygens (including phenoxy) is 2. The van der Waals surface area contributed by atoms with Crippen LogP contribution in [0.5, 0.6) is 5.75 Å². The number of carbonyl (C=O) groups excluding carboxylic acids is 3. The third kappa shape index (κ3) is 10.3. The Hall–Kier alpha value is -2.85. The first-order chi connectivity index (χ1) is 22.2. The van der Waals surface area contributed by atoms with E-state index in [4.69, 9.17) is 9.47 Å². The summed E-state index contributed by atoms with van der Waals surface area (Å²) in [5, 5.41) is 16.5. The molecule has 2 aliphatic carbocycles. The standard InChI is InChI=1S/C36H58N4O6/c1-25-22-40(26(2)24-41)35(43)31-21-30(37-34(42)28-14-7-5-8-15-28)18-19-32(31)46-27(3)13-11-12-20-45-33(25)23-39(4)36(44)38-29-16-9-6-10-17-29/h18-19,21,25-29,33,41H,5-17,20,22-24H2,1-4H3,(H,37,42)(H,38,44)/t25-,26-,27+,33-/m0/s1. The molecule has 10 heteroatoms. The Kier molecular flexibility index (Phi) is 14.0. The number of amides is 4. The van der Waals surface area contributed by atoms with Gasteiger partial charge in [0.1, 0.15) is 5.75 Å². The maximum absolute atomic E-state index is 14.4. The molecule has 4 amide bonds. The number of hydrogen-bond acceptors (Lipinski definition) is 6. The van der Waals surface area contributed by atoms with Gasteiger partial charge in [0.25, 0.3) is 5.91 Å². The first kappa shape index (κ1) is 36.0. The lowest BCUT2D eigenvalue weighted by Crippen LogP contribution is -2.50. The van der Waals surface area contributed by atoms with Gasteiger partial charge in [0, 0.05) is 50.3 Å². The van der Waals surface area contributed by atoms with Crippen LogP contribution < -0.4 is 15.4 Å².